The number of rotatable bonds is 4. The van der Waals surface area contributed by atoms with Crippen molar-refractivity contribution in [3.05, 3.63) is 0 Å². The Hall–Kier alpha value is 0.400. The van der Waals surface area contributed by atoms with Crippen LogP contribution in [0.1, 0.15) is 33.1 Å². The number of halogens is 1. The van der Waals surface area contributed by atoms with Gasteiger partial charge in [0.05, 0.1) is 3.42 Å². The van der Waals surface area contributed by atoms with E-state index in [1.165, 1.54) is 6.42 Å². The van der Waals surface area contributed by atoms with Crippen LogP contribution in [0.3, 0.4) is 0 Å². The maximum Gasteiger partial charge on any atom is 0.135 e. The first-order valence-corrected chi connectivity index (χ1v) is 4.35. The van der Waals surface area contributed by atoms with Crippen molar-refractivity contribution in [1.29, 1.82) is 0 Å². The van der Waals surface area contributed by atoms with Gasteiger partial charge in [0, 0.05) is 0 Å². The van der Waals surface area contributed by atoms with Crippen LogP contribution in [-0.4, -0.2) is 9.71 Å². The highest BCUT2D eigenvalue weighted by atomic mass is 127. The van der Waals surface area contributed by atoms with Gasteiger partial charge in [-0.3, -0.25) is 0 Å². The number of hydrogen-bond acceptors (Lipinski definition) is 1. The van der Waals surface area contributed by atoms with Gasteiger partial charge in [-0.2, -0.15) is 0 Å². The van der Waals surface area contributed by atoms with E-state index in [9.17, 15) is 4.79 Å². The normalized spacial score (nSPS) is 16.8. The zero-order valence-electron chi connectivity index (χ0n) is 5.98. The molecule has 0 saturated heterocycles. The Morgan fingerprint density at radius 1 is 1.67 bits per heavy atom. The largest absolute Gasteiger partial charge is 0.302 e. The van der Waals surface area contributed by atoms with Gasteiger partial charge in [0.2, 0.25) is 0 Å². The number of alkyl halides is 1. The van der Waals surface area contributed by atoms with Crippen LogP contribution < -0.4 is 0 Å². The van der Waals surface area contributed by atoms with E-state index < -0.39 is 0 Å². The van der Waals surface area contributed by atoms with Crippen LogP contribution in [0.15, 0.2) is 0 Å². The Morgan fingerprint density at radius 3 is 2.56 bits per heavy atom. The molecule has 2 heteroatoms. The van der Waals surface area contributed by atoms with E-state index in [1.54, 1.807) is 0 Å². The SMILES string of the molecule is CCCCC(C)(I)C=O. The molecule has 0 radical (unpaired) electrons. The molecule has 0 N–H and O–H groups in total. The van der Waals surface area contributed by atoms with Crippen molar-refractivity contribution in [2.75, 3.05) is 0 Å². The number of carbonyl (C=O) groups excluding carboxylic acids is 1. The second kappa shape index (κ2) is 4.25. The van der Waals surface area contributed by atoms with E-state index in [1.807, 2.05) is 6.92 Å². The topological polar surface area (TPSA) is 17.1 Å². The minimum atomic E-state index is -0.117. The molecule has 0 fully saturated rings. The summed E-state index contributed by atoms with van der Waals surface area (Å²) in [4.78, 5) is 10.3. The van der Waals surface area contributed by atoms with Crippen LogP contribution in [0.25, 0.3) is 0 Å². The molecule has 0 amide bonds. The lowest BCUT2D eigenvalue weighted by molar-refractivity contribution is -0.109. The number of carbonyl (C=O) groups is 1. The first-order valence-electron chi connectivity index (χ1n) is 3.27. The van der Waals surface area contributed by atoms with Crippen LogP contribution in [-0.2, 0) is 4.79 Å². The number of hydrogen-bond donors (Lipinski definition) is 0. The van der Waals surface area contributed by atoms with Gasteiger partial charge in [0.15, 0.2) is 0 Å². The molecule has 0 aliphatic heterocycles. The van der Waals surface area contributed by atoms with Gasteiger partial charge in [0.1, 0.15) is 6.29 Å². The third-order valence-electron chi connectivity index (χ3n) is 1.26. The summed E-state index contributed by atoms with van der Waals surface area (Å²) in [6.07, 6.45) is 4.36. The Morgan fingerprint density at radius 2 is 2.22 bits per heavy atom. The molecule has 0 heterocycles. The second-order valence-electron chi connectivity index (χ2n) is 2.50. The summed E-state index contributed by atoms with van der Waals surface area (Å²) in [5.74, 6) is 0. The lowest BCUT2D eigenvalue weighted by Crippen LogP contribution is -2.16. The van der Waals surface area contributed by atoms with E-state index in [-0.39, 0.29) is 3.42 Å². The van der Waals surface area contributed by atoms with Gasteiger partial charge >= 0.3 is 0 Å². The fourth-order valence-electron chi connectivity index (χ4n) is 0.581. The van der Waals surface area contributed by atoms with Gasteiger partial charge in [-0.1, -0.05) is 42.4 Å². The van der Waals surface area contributed by atoms with Crippen molar-refractivity contribution >= 4 is 28.9 Å². The van der Waals surface area contributed by atoms with Crippen molar-refractivity contribution in [3.63, 3.8) is 0 Å². The Balaban J connectivity index is 3.45. The molecule has 0 spiro atoms. The van der Waals surface area contributed by atoms with Crippen molar-refractivity contribution in [3.8, 4) is 0 Å². The molecule has 9 heavy (non-hydrogen) atoms. The minimum absolute atomic E-state index is 0.117. The molecule has 1 unspecified atom stereocenters. The van der Waals surface area contributed by atoms with Crippen LogP contribution in [0.2, 0.25) is 0 Å². The van der Waals surface area contributed by atoms with Gasteiger partial charge in [-0.15, -0.1) is 0 Å². The maximum absolute atomic E-state index is 10.3. The smallest absolute Gasteiger partial charge is 0.135 e. The summed E-state index contributed by atoms with van der Waals surface area (Å²) in [6, 6.07) is 0. The highest BCUT2D eigenvalue weighted by Gasteiger charge is 2.16. The van der Waals surface area contributed by atoms with Gasteiger partial charge in [-0.25, -0.2) is 0 Å². The Bertz CT molecular complexity index is 88.9. The molecule has 1 atom stereocenters. The number of aldehydes is 1. The summed E-state index contributed by atoms with van der Waals surface area (Å²) >= 11 is 2.19. The molecule has 0 aliphatic rings. The number of unbranched alkanes of at least 4 members (excludes halogenated alkanes) is 1. The van der Waals surface area contributed by atoms with Crippen LogP contribution in [0.4, 0.5) is 0 Å². The van der Waals surface area contributed by atoms with E-state index in [4.69, 9.17) is 0 Å². The van der Waals surface area contributed by atoms with E-state index in [0.29, 0.717) is 0 Å². The highest BCUT2D eigenvalue weighted by molar-refractivity contribution is 14.1. The average Bonchev–Trinajstić information content (AvgIpc) is 1.84. The quantitative estimate of drug-likeness (QED) is 0.419. The van der Waals surface area contributed by atoms with E-state index >= 15 is 0 Å². The monoisotopic (exact) mass is 240 g/mol. The molecule has 0 aromatic rings. The van der Waals surface area contributed by atoms with Crippen LogP contribution >= 0.6 is 22.6 Å². The molecule has 0 aliphatic carbocycles. The first kappa shape index (κ1) is 9.40. The van der Waals surface area contributed by atoms with E-state index in [0.717, 1.165) is 19.1 Å². The van der Waals surface area contributed by atoms with Crippen LogP contribution in [0, 0.1) is 0 Å². The van der Waals surface area contributed by atoms with Crippen molar-refractivity contribution < 1.29 is 4.79 Å². The Kier molecular flexibility index (Phi) is 4.44. The zero-order valence-corrected chi connectivity index (χ0v) is 8.14. The summed E-state index contributed by atoms with van der Waals surface area (Å²) in [5.41, 5.74) is 0. The minimum Gasteiger partial charge on any atom is -0.302 e. The predicted molar refractivity (Wildman–Crippen MR) is 48.0 cm³/mol. The molecule has 1 nitrogen and oxygen atoms in total. The molecule has 0 rings (SSSR count). The predicted octanol–water partition coefficient (Wildman–Crippen LogP) is 2.57. The summed E-state index contributed by atoms with van der Waals surface area (Å²) < 4.78 is -0.117. The molecule has 0 bridgehead atoms. The molecule has 54 valence electrons. The van der Waals surface area contributed by atoms with Gasteiger partial charge in [-0.05, 0) is 13.3 Å². The fourth-order valence-corrected chi connectivity index (χ4v) is 0.963. The third kappa shape index (κ3) is 4.88. The zero-order chi connectivity index (χ0) is 7.33. The maximum atomic E-state index is 10.3. The van der Waals surface area contributed by atoms with E-state index in [2.05, 4.69) is 29.5 Å². The summed E-state index contributed by atoms with van der Waals surface area (Å²) in [6.45, 7) is 4.10. The fraction of sp³-hybridized carbons (Fsp3) is 0.857. The van der Waals surface area contributed by atoms with Crippen LogP contribution in [0.5, 0.6) is 0 Å². The van der Waals surface area contributed by atoms with Crippen molar-refractivity contribution in [1.82, 2.24) is 0 Å². The van der Waals surface area contributed by atoms with Crippen molar-refractivity contribution in [2.24, 2.45) is 0 Å². The molecule has 0 saturated carbocycles. The van der Waals surface area contributed by atoms with Gasteiger partial charge in [0.25, 0.3) is 0 Å². The highest BCUT2D eigenvalue weighted by Crippen LogP contribution is 2.21. The second-order valence-corrected chi connectivity index (χ2v) is 4.96. The average molecular weight is 240 g/mol. The summed E-state index contributed by atoms with van der Waals surface area (Å²) in [5, 5.41) is 0. The molecular formula is C7H13IO. The molecular weight excluding hydrogens is 227 g/mol. The lowest BCUT2D eigenvalue weighted by Gasteiger charge is -2.12. The lowest BCUT2D eigenvalue weighted by atomic mass is 10.1. The Labute approximate surface area is 70.4 Å². The summed E-state index contributed by atoms with van der Waals surface area (Å²) in [7, 11) is 0. The molecule has 0 aromatic heterocycles. The standard InChI is InChI=1S/C7H13IO/c1-3-4-5-7(2,8)6-9/h6H,3-5H2,1-2H3. The van der Waals surface area contributed by atoms with Crippen molar-refractivity contribution in [2.45, 2.75) is 36.5 Å². The molecule has 0 aromatic carbocycles. The van der Waals surface area contributed by atoms with Gasteiger partial charge < -0.3 is 4.79 Å². The first-order chi connectivity index (χ1) is 4.12. The third-order valence-corrected chi connectivity index (χ3v) is 2.06.